The summed E-state index contributed by atoms with van der Waals surface area (Å²) in [6.45, 7) is 13.5. The van der Waals surface area contributed by atoms with Gasteiger partial charge in [-0.1, -0.05) is 102 Å². The second-order valence-electron chi connectivity index (χ2n) is 14.5. The van der Waals surface area contributed by atoms with Gasteiger partial charge < -0.3 is 4.74 Å². The van der Waals surface area contributed by atoms with E-state index in [4.69, 9.17) is 14.7 Å². The predicted molar refractivity (Wildman–Crippen MR) is 217 cm³/mol. The number of rotatable bonds is 9. The maximum Gasteiger partial charge on any atom is 0.145 e. The van der Waals surface area contributed by atoms with E-state index in [0.29, 0.717) is 17.8 Å². The molecule has 0 atom stereocenters. The summed E-state index contributed by atoms with van der Waals surface area (Å²) in [5.41, 5.74) is 10.4. The molecule has 0 aliphatic heterocycles. The molecule has 5 heteroatoms. The molecule has 0 fully saturated rings. The van der Waals surface area contributed by atoms with Gasteiger partial charge in [-0.2, -0.15) is 0 Å². The van der Waals surface area contributed by atoms with Crippen LogP contribution in [0.4, 0.5) is 17.2 Å². The van der Waals surface area contributed by atoms with Crippen LogP contribution in [0.2, 0.25) is 0 Å². The molecule has 0 spiro atoms. The van der Waals surface area contributed by atoms with E-state index in [1.165, 1.54) is 27.6 Å². The molecule has 8 aromatic rings. The molecule has 0 aliphatic rings. The van der Waals surface area contributed by atoms with E-state index in [9.17, 15) is 0 Å². The highest BCUT2D eigenvalue weighted by atomic mass is 16.5. The van der Waals surface area contributed by atoms with Gasteiger partial charge in [0.05, 0.1) is 23.1 Å². The standard InChI is InChI=1S/C47H44N4O/c1-30(2)33-24-25-48-45(26-33)50(34-14-8-7-9-15-34)35-16-12-17-36(27-35)52-37-22-23-40-41-18-10-11-21-43(41)51-44(29-49-47(51)42(40)28-37)46-38(31(3)4)19-13-20-39(46)32(5)6/h7-32H,1-6H3. The van der Waals surface area contributed by atoms with Crippen LogP contribution in [0.1, 0.15) is 76.0 Å². The van der Waals surface area contributed by atoms with E-state index in [2.05, 4.69) is 166 Å². The molecule has 52 heavy (non-hydrogen) atoms. The quantitative estimate of drug-likeness (QED) is 0.142. The van der Waals surface area contributed by atoms with Gasteiger partial charge in [-0.15, -0.1) is 0 Å². The first kappa shape index (κ1) is 33.2. The zero-order valence-corrected chi connectivity index (χ0v) is 30.7. The Bertz CT molecular complexity index is 2520. The van der Waals surface area contributed by atoms with E-state index in [1.54, 1.807) is 0 Å². The molecule has 5 nitrogen and oxygen atoms in total. The van der Waals surface area contributed by atoms with Crippen LogP contribution in [0.15, 0.2) is 140 Å². The fourth-order valence-electron chi connectivity index (χ4n) is 7.44. The van der Waals surface area contributed by atoms with Crippen LogP contribution in [0.25, 0.3) is 38.6 Å². The zero-order chi connectivity index (χ0) is 35.9. The van der Waals surface area contributed by atoms with Crippen LogP contribution < -0.4 is 9.64 Å². The average Bonchev–Trinajstić information content (AvgIpc) is 3.61. The minimum atomic E-state index is 0.370. The second-order valence-corrected chi connectivity index (χ2v) is 14.5. The second kappa shape index (κ2) is 13.6. The lowest BCUT2D eigenvalue weighted by molar-refractivity contribution is 0.483. The number of nitrogens with zero attached hydrogens (tertiary/aromatic N) is 4. The third-order valence-corrected chi connectivity index (χ3v) is 10.0. The molecule has 0 unspecified atom stereocenters. The highest BCUT2D eigenvalue weighted by Crippen LogP contribution is 2.41. The number of hydrogen-bond donors (Lipinski definition) is 0. The SMILES string of the molecule is CC(C)c1ccnc(N(c2ccccc2)c2cccc(Oc3ccc4c5ccccc5n5c(-c6c(C(C)C)cccc6C(C)C)cnc5c4c3)c2)c1. The Morgan fingerprint density at radius 1 is 0.558 bits per heavy atom. The van der Waals surface area contributed by atoms with E-state index in [-0.39, 0.29) is 0 Å². The molecule has 0 N–H and O–H groups in total. The minimum Gasteiger partial charge on any atom is -0.457 e. The lowest BCUT2D eigenvalue weighted by Crippen LogP contribution is -2.12. The summed E-state index contributed by atoms with van der Waals surface area (Å²) >= 11 is 0. The maximum atomic E-state index is 6.68. The zero-order valence-electron chi connectivity index (χ0n) is 30.7. The highest BCUT2D eigenvalue weighted by molar-refractivity contribution is 6.12. The fourth-order valence-corrected chi connectivity index (χ4v) is 7.44. The van der Waals surface area contributed by atoms with Crippen molar-refractivity contribution in [3.8, 4) is 22.8 Å². The summed E-state index contributed by atoms with van der Waals surface area (Å²) in [5, 5.41) is 3.38. The number of anilines is 3. The summed E-state index contributed by atoms with van der Waals surface area (Å²) in [6.07, 6.45) is 3.96. The van der Waals surface area contributed by atoms with Gasteiger partial charge in [0.25, 0.3) is 0 Å². The van der Waals surface area contributed by atoms with Crippen LogP contribution in [0.3, 0.4) is 0 Å². The normalized spacial score (nSPS) is 11.8. The van der Waals surface area contributed by atoms with Gasteiger partial charge >= 0.3 is 0 Å². The van der Waals surface area contributed by atoms with Gasteiger partial charge in [-0.05, 0) is 100 Å². The summed E-state index contributed by atoms with van der Waals surface area (Å²) < 4.78 is 9.03. The fraction of sp³-hybridized carbons (Fsp3) is 0.191. The van der Waals surface area contributed by atoms with Crippen molar-refractivity contribution < 1.29 is 4.74 Å². The van der Waals surface area contributed by atoms with Gasteiger partial charge in [0, 0.05) is 34.3 Å². The molecule has 0 radical (unpaired) electrons. The summed E-state index contributed by atoms with van der Waals surface area (Å²) in [5.74, 6) is 3.49. The van der Waals surface area contributed by atoms with Crippen LogP contribution in [-0.4, -0.2) is 14.4 Å². The number of imidazole rings is 1. The maximum absolute atomic E-state index is 6.68. The molecule has 3 aromatic heterocycles. The average molecular weight is 681 g/mol. The van der Waals surface area contributed by atoms with Gasteiger partial charge in [-0.3, -0.25) is 9.30 Å². The summed E-state index contributed by atoms with van der Waals surface area (Å²) in [7, 11) is 0. The predicted octanol–water partition coefficient (Wildman–Crippen LogP) is 13.3. The molecule has 0 aliphatic carbocycles. The highest BCUT2D eigenvalue weighted by Gasteiger charge is 2.22. The number of para-hydroxylation sites is 2. The van der Waals surface area contributed by atoms with Crippen molar-refractivity contribution >= 4 is 44.5 Å². The van der Waals surface area contributed by atoms with Gasteiger partial charge in [0.2, 0.25) is 0 Å². The summed E-state index contributed by atoms with van der Waals surface area (Å²) in [4.78, 5) is 12.1. The van der Waals surface area contributed by atoms with Crippen molar-refractivity contribution in [2.75, 3.05) is 4.90 Å². The van der Waals surface area contributed by atoms with Crippen molar-refractivity contribution in [2.24, 2.45) is 0 Å². The largest absolute Gasteiger partial charge is 0.457 e. The lowest BCUT2D eigenvalue weighted by Gasteiger charge is -2.25. The van der Waals surface area contributed by atoms with Crippen molar-refractivity contribution in [3.05, 3.63) is 156 Å². The molecule has 3 heterocycles. The smallest absolute Gasteiger partial charge is 0.145 e. The van der Waals surface area contributed by atoms with Crippen molar-refractivity contribution in [1.29, 1.82) is 0 Å². The van der Waals surface area contributed by atoms with Gasteiger partial charge in [0.1, 0.15) is 23.0 Å². The van der Waals surface area contributed by atoms with Crippen LogP contribution in [-0.2, 0) is 0 Å². The molecule has 0 bridgehead atoms. The van der Waals surface area contributed by atoms with Crippen molar-refractivity contribution in [1.82, 2.24) is 14.4 Å². The number of hydrogen-bond acceptors (Lipinski definition) is 4. The van der Waals surface area contributed by atoms with Crippen LogP contribution in [0.5, 0.6) is 11.5 Å². The third-order valence-electron chi connectivity index (χ3n) is 10.0. The number of benzene rings is 5. The first-order valence-corrected chi connectivity index (χ1v) is 18.3. The Morgan fingerprint density at radius 2 is 1.25 bits per heavy atom. The monoisotopic (exact) mass is 680 g/mol. The Morgan fingerprint density at radius 3 is 2.00 bits per heavy atom. The van der Waals surface area contributed by atoms with Crippen molar-refractivity contribution in [3.63, 3.8) is 0 Å². The lowest BCUT2D eigenvalue weighted by atomic mass is 9.87. The van der Waals surface area contributed by atoms with Crippen LogP contribution in [0, 0.1) is 0 Å². The Labute approximate surface area is 306 Å². The number of pyridine rings is 2. The molecule has 5 aromatic carbocycles. The molecule has 0 amide bonds. The topological polar surface area (TPSA) is 42.7 Å². The van der Waals surface area contributed by atoms with E-state index in [1.807, 2.05) is 24.4 Å². The minimum absolute atomic E-state index is 0.370. The summed E-state index contributed by atoms with van der Waals surface area (Å²) in [6, 6.07) is 44.6. The first-order chi connectivity index (χ1) is 25.3. The van der Waals surface area contributed by atoms with E-state index in [0.717, 1.165) is 56.3 Å². The van der Waals surface area contributed by atoms with Gasteiger partial charge in [0.15, 0.2) is 0 Å². The van der Waals surface area contributed by atoms with Gasteiger partial charge in [-0.25, -0.2) is 9.97 Å². The molecular formula is C47H44N4O. The van der Waals surface area contributed by atoms with E-state index >= 15 is 0 Å². The number of ether oxygens (including phenoxy) is 1. The molecule has 0 saturated carbocycles. The molecule has 258 valence electrons. The molecule has 0 saturated heterocycles. The number of fused-ring (bicyclic) bond motifs is 6. The molecular weight excluding hydrogens is 637 g/mol. The Hall–Kier alpha value is -5.94. The first-order valence-electron chi connectivity index (χ1n) is 18.3. The van der Waals surface area contributed by atoms with Crippen LogP contribution >= 0.6 is 0 Å². The third kappa shape index (κ3) is 5.96. The Balaban J connectivity index is 1.25. The Kier molecular flexibility index (Phi) is 8.72. The molecule has 8 rings (SSSR count). The van der Waals surface area contributed by atoms with Crippen molar-refractivity contribution in [2.45, 2.75) is 59.3 Å². The van der Waals surface area contributed by atoms with E-state index < -0.39 is 0 Å². The number of aromatic nitrogens is 3.